The van der Waals surface area contributed by atoms with Gasteiger partial charge in [-0.1, -0.05) is 30.3 Å². The van der Waals surface area contributed by atoms with E-state index in [0.29, 0.717) is 18.5 Å². The van der Waals surface area contributed by atoms with Crippen LogP contribution in [0.3, 0.4) is 0 Å². The molecule has 2 rings (SSSR count). The molecule has 3 heteroatoms. The highest BCUT2D eigenvalue weighted by Crippen LogP contribution is 2.28. The molecule has 1 atom stereocenters. The van der Waals surface area contributed by atoms with Crippen molar-refractivity contribution in [2.24, 2.45) is 0 Å². The maximum atomic E-state index is 11.6. The highest BCUT2D eigenvalue weighted by atomic mass is 16.3. The number of carbonyl (C=O) groups excluding carboxylic acids is 1. The second-order valence-corrected chi connectivity index (χ2v) is 3.59. The smallest absolute Gasteiger partial charge is 0.256 e. The summed E-state index contributed by atoms with van der Waals surface area (Å²) in [5.41, 5.74) is -0.642. The summed E-state index contributed by atoms with van der Waals surface area (Å²) >= 11 is 0. The average molecular weight is 191 g/mol. The van der Waals surface area contributed by atoms with Gasteiger partial charge in [-0.2, -0.15) is 0 Å². The van der Waals surface area contributed by atoms with E-state index in [1.165, 1.54) is 0 Å². The molecule has 1 saturated heterocycles. The number of rotatable bonds is 1. The summed E-state index contributed by atoms with van der Waals surface area (Å²) in [4.78, 5) is 11.6. The summed E-state index contributed by atoms with van der Waals surface area (Å²) in [5, 5.41) is 12.9. The van der Waals surface area contributed by atoms with Crippen molar-refractivity contribution in [3.63, 3.8) is 0 Å². The molecule has 0 radical (unpaired) electrons. The predicted molar refractivity (Wildman–Crippen MR) is 52.6 cm³/mol. The minimum Gasteiger partial charge on any atom is -0.375 e. The van der Waals surface area contributed by atoms with Crippen LogP contribution in [-0.4, -0.2) is 17.6 Å². The second-order valence-electron chi connectivity index (χ2n) is 3.59. The third-order valence-corrected chi connectivity index (χ3v) is 2.63. The van der Waals surface area contributed by atoms with E-state index >= 15 is 0 Å². The molecule has 14 heavy (non-hydrogen) atoms. The van der Waals surface area contributed by atoms with Crippen LogP contribution in [0, 0.1) is 0 Å². The van der Waals surface area contributed by atoms with Crippen LogP contribution in [0.1, 0.15) is 18.4 Å². The van der Waals surface area contributed by atoms with Gasteiger partial charge in [-0.25, -0.2) is 0 Å². The Morgan fingerprint density at radius 1 is 1.29 bits per heavy atom. The molecule has 1 heterocycles. The lowest BCUT2D eigenvalue weighted by Gasteiger charge is -2.31. The van der Waals surface area contributed by atoms with Crippen LogP contribution in [-0.2, 0) is 10.4 Å². The third kappa shape index (κ3) is 1.40. The minimum atomic E-state index is -1.32. The molecule has 0 spiro atoms. The lowest BCUT2D eigenvalue weighted by atomic mass is 9.86. The highest BCUT2D eigenvalue weighted by molar-refractivity contribution is 5.86. The molecule has 0 aliphatic carbocycles. The van der Waals surface area contributed by atoms with Gasteiger partial charge < -0.3 is 10.4 Å². The second kappa shape index (κ2) is 3.42. The number of piperidine rings is 1. The highest BCUT2D eigenvalue weighted by Gasteiger charge is 2.39. The van der Waals surface area contributed by atoms with E-state index in [-0.39, 0.29) is 5.91 Å². The van der Waals surface area contributed by atoms with Gasteiger partial charge in [0.2, 0.25) is 0 Å². The van der Waals surface area contributed by atoms with Crippen molar-refractivity contribution in [1.82, 2.24) is 5.32 Å². The first-order valence-electron chi connectivity index (χ1n) is 4.80. The molecule has 74 valence electrons. The van der Waals surface area contributed by atoms with Gasteiger partial charge in [0.15, 0.2) is 5.60 Å². The molecule has 1 aliphatic rings. The van der Waals surface area contributed by atoms with Crippen molar-refractivity contribution < 1.29 is 9.90 Å². The summed E-state index contributed by atoms with van der Waals surface area (Å²) in [6.07, 6.45) is 1.32. The standard InChI is InChI=1S/C11H13NO2/c13-10-11(14,7-4-8-12-10)9-5-2-1-3-6-9/h1-3,5-6,14H,4,7-8H2,(H,12,13)/t11-/m0/s1. The molecular formula is C11H13NO2. The van der Waals surface area contributed by atoms with Gasteiger partial charge >= 0.3 is 0 Å². The first-order valence-corrected chi connectivity index (χ1v) is 4.80. The molecule has 0 bridgehead atoms. The minimum absolute atomic E-state index is 0.282. The maximum absolute atomic E-state index is 11.6. The molecule has 1 aromatic carbocycles. The normalized spacial score (nSPS) is 27.1. The topological polar surface area (TPSA) is 49.3 Å². The molecule has 2 N–H and O–H groups in total. The molecule has 1 aliphatic heterocycles. The van der Waals surface area contributed by atoms with Crippen molar-refractivity contribution in [2.75, 3.05) is 6.54 Å². The van der Waals surface area contributed by atoms with Crippen LogP contribution in [0.2, 0.25) is 0 Å². The number of benzene rings is 1. The van der Waals surface area contributed by atoms with Gasteiger partial charge in [0, 0.05) is 6.54 Å². The monoisotopic (exact) mass is 191 g/mol. The Labute approximate surface area is 82.8 Å². The SMILES string of the molecule is O=C1NCCC[C@]1(O)c1ccccc1. The molecule has 1 aromatic rings. The number of hydrogen-bond donors (Lipinski definition) is 2. The Morgan fingerprint density at radius 2 is 2.00 bits per heavy atom. The Hall–Kier alpha value is -1.35. The molecule has 0 unspecified atom stereocenters. The van der Waals surface area contributed by atoms with E-state index < -0.39 is 5.60 Å². The van der Waals surface area contributed by atoms with Crippen LogP contribution in [0.5, 0.6) is 0 Å². The zero-order valence-corrected chi connectivity index (χ0v) is 7.86. The number of hydrogen-bond acceptors (Lipinski definition) is 2. The Kier molecular flexibility index (Phi) is 2.25. The summed E-state index contributed by atoms with van der Waals surface area (Å²) in [6, 6.07) is 9.09. The third-order valence-electron chi connectivity index (χ3n) is 2.63. The van der Waals surface area contributed by atoms with Gasteiger partial charge in [-0.15, -0.1) is 0 Å². The van der Waals surface area contributed by atoms with Gasteiger partial charge in [0.1, 0.15) is 0 Å². The van der Waals surface area contributed by atoms with E-state index in [9.17, 15) is 9.90 Å². The molecular weight excluding hydrogens is 178 g/mol. The summed E-state index contributed by atoms with van der Waals surface area (Å²) in [5.74, 6) is -0.282. The fourth-order valence-corrected chi connectivity index (χ4v) is 1.80. The van der Waals surface area contributed by atoms with Gasteiger partial charge in [0.25, 0.3) is 5.91 Å². The van der Waals surface area contributed by atoms with Crippen molar-refractivity contribution >= 4 is 5.91 Å². The fraction of sp³-hybridized carbons (Fsp3) is 0.364. The van der Waals surface area contributed by atoms with Gasteiger partial charge in [-0.3, -0.25) is 4.79 Å². The Balaban J connectivity index is 2.35. The summed E-state index contributed by atoms with van der Waals surface area (Å²) < 4.78 is 0. The molecule has 0 aromatic heterocycles. The maximum Gasteiger partial charge on any atom is 0.256 e. The van der Waals surface area contributed by atoms with Crippen molar-refractivity contribution in [3.8, 4) is 0 Å². The average Bonchev–Trinajstić information content (AvgIpc) is 2.24. The number of nitrogens with one attached hydrogen (secondary N) is 1. The molecule has 3 nitrogen and oxygen atoms in total. The van der Waals surface area contributed by atoms with E-state index in [4.69, 9.17) is 0 Å². The Bertz CT molecular complexity index is 336. The largest absolute Gasteiger partial charge is 0.375 e. The van der Waals surface area contributed by atoms with Crippen molar-refractivity contribution in [2.45, 2.75) is 18.4 Å². The van der Waals surface area contributed by atoms with Crippen LogP contribution < -0.4 is 5.32 Å². The van der Waals surface area contributed by atoms with E-state index in [0.717, 1.165) is 6.42 Å². The van der Waals surface area contributed by atoms with Crippen LogP contribution in [0.15, 0.2) is 30.3 Å². The summed E-state index contributed by atoms with van der Waals surface area (Å²) in [7, 11) is 0. The summed E-state index contributed by atoms with van der Waals surface area (Å²) in [6.45, 7) is 0.661. The Morgan fingerprint density at radius 3 is 2.64 bits per heavy atom. The number of aliphatic hydroxyl groups is 1. The van der Waals surface area contributed by atoms with Crippen molar-refractivity contribution in [1.29, 1.82) is 0 Å². The van der Waals surface area contributed by atoms with Gasteiger partial charge in [-0.05, 0) is 18.4 Å². The van der Waals surface area contributed by atoms with E-state index in [1.54, 1.807) is 12.1 Å². The van der Waals surface area contributed by atoms with Crippen LogP contribution in [0.25, 0.3) is 0 Å². The number of amides is 1. The number of carbonyl (C=O) groups is 1. The fourth-order valence-electron chi connectivity index (χ4n) is 1.80. The van der Waals surface area contributed by atoms with E-state index in [1.807, 2.05) is 18.2 Å². The molecule has 1 fully saturated rings. The zero-order chi connectivity index (χ0) is 10.0. The van der Waals surface area contributed by atoms with Crippen LogP contribution in [0.4, 0.5) is 0 Å². The predicted octanol–water partition coefficient (Wildman–Crippen LogP) is 0.784. The van der Waals surface area contributed by atoms with Crippen molar-refractivity contribution in [3.05, 3.63) is 35.9 Å². The van der Waals surface area contributed by atoms with E-state index in [2.05, 4.69) is 5.32 Å². The van der Waals surface area contributed by atoms with Gasteiger partial charge in [0.05, 0.1) is 0 Å². The lowest BCUT2D eigenvalue weighted by Crippen LogP contribution is -2.48. The molecule has 1 amide bonds. The van der Waals surface area contributed by atoms with Crippen LogP contribution >= 0.6 is 0 Å². The first kappa shape index (κ1) is 9.21. The molecule has 0 saturated carbocycles. The lowest BCUT2D eigenvalue weighted by molar-refractivity contribution is -0.144. The zero-order valence-electron chi connectivity index (χ0n) is 7.86. The quantitative estimate of drug-likeness (QED) is 0.689. The first-order chi connectivity index (χ1) is 6.73.